The lowest BCUT2D eigenvalue weighted by Crippen LogP contribution is -2.09. The van der Waals surface area contributed by atoms with Gasteiger partial charge in [0.15, 0.2) is 5.78 Å². The van der Waals surface area contributed by atoms with Gasteiger partial charge in [0.2, 0.25) is 5.75 Å². The summed E-state index contributed by atoms with van der Waals surface area (Å²) < 4.78 is 5.66. The van der Waals surface area contributed by atoms with Crippen LogP contribution in [-0.2, 0) is 6.61 Å². The molecule has 2 rings (SSSR count). The molecule has 0 saturated heterocycles. The first-order chi connectivity index (χ1) is 11.2. The van der Waals surface area contributed by atoms with E-state index < -0.39 is 4.92 Å². The van der Waals surface area contributed by atoms with Crippen molar-refractivity contribution in [3.8, 4) is 5.75 Å². The molecule has 1 aromatic carbocycles. The van der Waals surface area contributed by atoms with Gasteiger partial charge in [0.05, 0.1) is 0 Å². The van der Waals surface area contributed by atoms with Gasteiger partial charge in [-0.3, -0.25) is 4.79 Å². The fourth-order valence-electron chi connectivity index (χ4n) is 2.91. The van der Waals surface area contributed by atoms with Gasteiger partial charge in [-0.1, -0.05) is 6.07 Å². The van der Waals surface area contributed by atoms with E-state index in [0.29, 0.717) is 11.3 Å². The van der Waals surface area contributed by atoms with E-state index in [4.69, 9.17) is 4.74 Å². The first-order valence-corrected chi connectivity index (χ1v) is 7.57. The minimum Gasteiger partial charge on any atom is -0.481 e. The van der Waals surface area contributed by atoms with Crippen molar-refractivity contribution in [2.24, 2.45) is 0 Å². The predicted octanol–water partition coefficient (Wildman–Crippen LogP) is 4.01. The average Bonchev–Trinajstić information content (AvgIpc) is 2.47. The maximum absolute atomic E-state index is 11.9. The molecule has 2 aromatic rings. The predicted molar refractivity (Wildman–Crippen MR) is 90.6 cm³/mol. The van der Waals surface area contributed by atoms with Crippen molar-refractivity contribution in [1.82, 2.24) is 4.98 Å². The number of aryl methyl sites for hydroxylation is 3. The minimum atomic E-state index is -0.557. The van der Waals surface area contributed by atoms with Crippen LogP contribution in [0, 0.1) is 37.8 Å². The van der Waals surface area contributed by atoms with E-state index in [0.717, 1.165) is 22.3 Å². The van der Waals surface area contributed by atoms with Crippen molar-refractivity contribution < 1.29 is 14.5 Å². The zero-order valence-electron chi connectivity index (χ0n) is 14.5. The fraction of sp³-hybridized carbons (Fsp3) is 0.333. The van der Waals surface area contributed by atoms with Crippen LogP contribution < -0.4 is 4.74 Å². The van der Waals surface area contributed by atoms with Gasteiger partial charge in [-0.05, 0) is 72.0 Å². The van der Waals surface area contributed by atoms with Gasteiger partial charge in [0.25, 0.3) is 0 Å². The largest absolute Gasteiger partial charge is 0.481 e. The molecule has 6 heteroatoms. The molecule has 0 fully saturated rings. The Bertz CT molecular complexity index is 828. The normalized spacial score (nSPS) is 10.5. The molecule has 0 saturated carbocycles. The molecule has 24 heavy (non-hydrogen) atoms. The number of Topliss-reactive ketones (excluding diaryl/α,β-unsaturated/α-hetero) is 1. The monoisotopic (exact) mass is 328 g/mol. The van der Waals surface area contributed by atoms with E-state index in [1.807, 2.05) is 26.8 Å². The molecule has 0 aliphatic rings. The maximum atomic E-state index is 11.9. The van der Waals surface area contributed by atoms with E-state index in [1.54, 1.807) is 19.1 Å². The molecule has 0 atom stereocenters. The second-order valence-electron chi connectivity index (χ2n) is 5.87. The van der Waals surface area contributed by atoms with E-state index in [-0.39, 0.29) is 24.0 Å². The van der Waals surface area contributed by atoms with Gasteiger partial charge in [-0.15, -0.1) is 0 Å². The maximum Gasteiger partial charge on any atom is 0.406 e. The van der Waals surface area contributed by atoms with Crippen LogP contribution in [0.15, 0.2) is 18.2 Å². The van der Waals surface area contributed by atoms with Crippen LogP contribution in [-0.4, -0.2) is 15.7 Å². The number of rotatable bonds is 5. The number of ketones is 1. The van der Waals surface area contributed by atoms with Crippen molar-refractivity contribution in [1.29, 1.82) is 0 Å². The molecule has 0 N–H and O–H groups in total. The number of nitro groups is 1. The lowest BCUT2D eigenvalue weighted by molar-refractivity contribution is -0.390. The summed E-state index contributed by atoms with van der Waals surface area (Å²) >= 11 is 0. The number of carbonyl (C=O) groups is 1. The number of hydrogen-bond acceptors (Lipinski definition) is 5. The van der Waals surface area contributed by atoms with Crippen molar-refractivity contribution in [2.75, 3.05) is 0 Å². The smallest absolute Gasteiger partial charge is 0.406 e. The highest BCUT2D eigenvalue weighted by Crippen LogP contribution is 2.28. The summed E-state index contributed by atoms with van der Waals surface area (Å²) in [5.41, 5.74) is 4.84. The van der Waals surface area contributed by atoms with Gasteiger partial charge in [0.1, 0.15) is 12.3 Å². The van der Waals surface area contributed by atoms with Crippen LogP contribution in [0.4, 0.5) is 5.82 Å². The van der Waals surface area contributed by atoms with Crippen LogP contribution in [0.25, 0.3) is 0 Å². The van der Waals surface area contributed by atoms with Gasteiger partial charge in [-0.25, -0.2) is 0 Å². The number of ether oxygens (including phenoxy) is 1. The van der Waals surface area contributed by atoms with Crippen molar-refractivity contribution in [2.45, 2.75) is 41.2 Å². The average molecular weight is 328 g/mol. The van der Waals surface area contributed by atoms with Gasteiger partial charge in [-0.2, -0.15) is 0 Å². The van der Waals surface area contributed by atoms with Crippen molar-refractivity contribution in [3.05, 3.63) is 61.8 Å². The molecule has 1 aromatic heterocycles. The molecule has 0 radical (unpaired) electrons. The lowest BCUT2D eigenvalue weighted by Gasteiger charge is -2.16. The van der Waals surface area contributed by atoms with Crippen LogP contribution in [0.3, 0.4) is 0 Å². The highest BCUT2D eigenvalue weighted by Gasteiger charge is 2.19. The summed E-state index contributed by atoms with van der Waals surface area (Å²) in [6.45, 7) is 9.07. The Morgan fingerprint density at radius 3 is 2.46 bits per heavy atom. The second kappa shape index (κ2) is 6.78. The molecule has 126 valence electrons. The third-order valence-electron chi connectivity index (χ3n) is 4.01. The zero-order chi connectivity index (χ0) is 18.0. The molecule has 0 aliphatic heterocycles. The molecular formula is C18H20N2O4. The summed E-state index contributed by atoms with van der Waals surface area (Å²) in [6.07, 6.45) is 0. The Hall–Kier alpha value is -2.76. The Kier molecular flexibility index (Phi) is 4.97. The standard InChI is InChI=1S/C18H20N2O4/c1-10-8-11(2)17(14(5)21)13(4)15(10)9-24-16-7-6-12(3)19-18(16)20(22)23/h6-8H,9H2,1-5H3. The summed E-state index contributed by atoms with van der Waals surface area (Å²) in [4.78, 5) is 26.3. The highest BCUT2D eigenvalue weighted by molar-refractivity contribution is 5.97. The Labute approximate surface area is 140 Å². The van der Waals surface area contributed by atoms with E-state index in [2.05, 4.69) is 4.98 Å². The third-order valence-corrected chi connectivity index (χ3v) is 4.01. The lowest BCUT2D eigenvalue weighted by atomic mass is 9.92. The molecular weight excluding hydrogens is 308 g/mol. The molecule has 0 spiro atoms. The first-order valence-electron chi connectivity index (χ1n) is 7.57. The van der Waals surface area contributed by atoms with Crippen LogP contribution >= 0.6 is 0 Å². The highest BCUT2D eigenvalue weighted by atomic mass is 16.6. The summed E-state index contributed by atoms with van der Waals surface area (Å²) in [5, 5.41) is 11.1. The van der Waals surface area contributed by atoms with Gasteiger partial charge in [0, 0.05) is 12.5 Å². The summed E-state index contributed by atoms with van der Waals surface area (Å²) in [5.74, 6) is -0.187. The van der Waals surface area contributed by atoms with E-state index in [1.165, 1.54) is 6.92 Å². The Balaban J connectivity index is 2.39. The molecule has 0 bridgehead atoms. The van der Waals surface area contributed by atoms with Crippen LogP contribution in [0.5, 0.6) is 5.75 Å². The summed E-state index contributed by atoms with van der Waals surface area (Å²) in [7, 11) is 0. The molecule has 6 nitrogen and oxygen atoms in total. The fourth-order valence-corrected chi connectivity index (χ4v) is 2.91. The quantitative estimate of drug-likeness (QED) is 0.470. The van der Waals surface area contributed by atoms with Crippen LogP contribution in [0.2, 0.25) is 0 Å². The van der Waals surface area contributed by atoms with Gasteiger partial charge >= 0.3 is 5.82 Å². The number of benzene rings is 1. The minimum absolute atomic E-state index is 0.00534. The Morgan fingerprint density at radius 1 is 1.21 bits per heavy atom. The molecule has 0 amide bonds. The molecule has 0 unspecified atom stereocenters. The number of carbonyl (C=O) groups excluding carboxylic acids is 1. The summed E-state index contributed by atoms with van der Waals surface area (Å²) in [6, 6.07) is 5.15. The number of aromatic nitrogens is 1. The second-order valence-corrected chi connectivity index (χ2v) is 5.87. The number of nitrogens with zero attached hydrogens (tertiary/aromatic N) is 2. The SMILES string of the molecule is CC(=O)c1c(C)cc(C)c(COc2ccc(C)nc2[N+](=O)[O-])c1C. The third kappa shape index (κ3) is 3.42. The molecule has 0 aliphatic carbocycles. The topological polar surface area (TPSA) is 82.3 Å². The number of pyridine rings is 1. The van der Waals surface area contributed by atoms with E-state index >= 15 is 0 Å². The molecule has 1 heterocycles. The van der Waals surface area contributed by atoms with E-state index in [9.17, 15) is 14.9 Å². The Morgan fingerprint density at radius 2 is 1.88 bits per heavy atom. The van der Waals surface area contributed by atoms with Crippen molar-refractivity contribution in [3.63, 3.8) is 0 Å². The van der Waals surface area contributed by atoms with Crippen LogP contribution in [0.1, 0.15) is 45.2 Å². The number of hydrogen-bond donors (Lipinski definition) is 0. The zero-order valence-corrected chi connectivity index (χ0v) is 14.5. The first kappa shape index (κ1) is 17.6. The van der Waals surface area contributed by atoms with Crippen molar-refractivity contribution >= 4 is 11.6 Å². The van der Waals surface area contributed by atoms with Gasteiger partial charge < -0.3 is 14.9 Å².